The number of allylic oxidation sites excluding steroid dienone is 1. The zero-order valence-electron chi connectivity index (χ0n) is 22.0. The molecule has 38 heavy (non-hydrogen) atoms. The quantitative estimate of drug-likeness (QED) is 0.395. The number of carbonyl (C=O) groups excluding carboxylic acids is 2. The van der Waals surface area contributed by atoms with Crippen LogP contribution in [0.3, 0.4) is 0 Å². The van der Waals surface area contributed by atoms with Crippen LogP contribution in [0.5, 0.6) is 11.5 Å². The number of fused-ring (bicyclic) bond motifs is 1. The number of amides is 1. The predicted octanol–water partition coefficient (Wildman–Crippen LogP) is 6.74. The van der Waals surface area contributed by atoms with E-state index in [2.05, 4.69) is 19.2 Å². The Labute approximate surface area is 228 Å². The summed E-state index contributed by atoms with van der Waals surface area (Å²) in [6.07, 6.45) is 1.21. The van der Waals surface area contributed by atoms with E-state index < -0.39 is 6.04 Å². The first-order chi connectivity index (χ1) is 18.2. The number of anilines is 2. The van der Waals surface area contributed by atoms with Gasteiger partial charge in [0.2, 0.25) is 5.91 Å². The topological polar surface area (TPSA) is 67.9 Å². The third-order valence-corrected chi connectivity index (χ3v) is 7.43. The van der Waals surface area contributed by atoms with Crippen LogP contribution < -0.4 is 19.7 Å². The molecule has 0 unspecified atom stereocenters. The highest BCUT2D eigenvalue weighted by Gasteiger charge is 2.44. The summed E-state index contributed by atoms with van der Waals surface area (Å²) in [5, 5.41) is 4.15. The Balaban J connectivity index is 1.75. The molecule has 0 bridgehead atoms. The molecule has 196 valence electrons. The van der Waals surface area contributed by atoms with Crippen molar-refractivity contribution < 1.29 is 19.1 Å². The van der Waals surface area contributed by atoms with Gasteiger partial charge in [-0.3, -0.25) is 14.5 Å². The van der Waals surface area contributed by atoms with E-state index in [0.717, 1.165) is 22.5 Å². The largest absolute Gasteiger partial charge is 0.497 e. The van der Waals surface area contributed by atoms with Crippen molar-refractivity contribution in [1.82, 2.24) is 0 Å². The molecule has 0 saturated carbocycles. The number of ether oxygens (including phenoxy) is 2. The first-order valence-corrected chi connectivity index (χ1v) is 13.0. The second-order valence-electron chi connectivity index (χ2n) is 10.6. The van der Waals surface area contributed by atoms with Gasteiger partial charge >= 0.3 is 0 Å². The number of para-hydroxylation sites is 2. The van der Waals surface area contributed by atoms with Crippen LogP contribution in [0.25, 0.3) is 0 Å². The number of methoxy groups -OCH3 is 2. The number of nitrogens with one attached hydrogen (secondary N) is 1. The van der Waals surface area contributed by atoms with Crippen LogP contribution in [-0.2, 0) is 16.0 Å². The van der Waals surface area contributed by atoms with E-state index in [9.17, 15) is 9.59 Å². The molecule has 3 aromatic carbocycles. The number of halogens is 1. The van der Waals surface area contributed by atoms with Crippen molar-refractivity contribution >= 4 is 34.7 Å². The summed E-state index contributed by atoms with van der Waals surface area (Å²) in [4.78, 5) is 29.9. The van der Waals surface area contributed by atoms with Gasteiger partial charge in [-0.2, -0.15) is 0 Å². The smallest absolute Gasteiger partial charge is 0.232 e. The number of hydrogen-bond acceptors (Lipinski definition) is 5. The maximum absolute atomic E-state index is 14.2. The molecule has 1 N–H and O–H groups in total. The molecule has 7 heteroatoms. The van der Waals surface area contributed by atoms with Gasteiger partial charge in [-0.15, -0.1) is 0 Å². The molecule has 1 amide bonds. The molecule has 2 aliphatic rings. The second kappa shape index (κ2) is 10.2. The van der Waals surface area contributed by atoms with Gasteiger partial charge in [-0.25, -0.2) is 0 Å². The summed E-state index contributed by atoms with van der Waals surface area (Å²) in [5.74, 6) is 1.05. The van der Waals surface area contributed by atoms with E-state index in [4.69, 9.17) is 21.1 Å². The second-order valence-corrected chi connectivity index (χ2v) is 11.0. The van der Waals surface area contributed by atoms with Gasteiger partial charge in [0.25, 0.3) is 0 Å². The summed E-state index contributed by atoms with van der Waals surface area (Å²) in [6, 6.07) is 19.8. The third kappa shape index (κ3) is 4.88. The van der Waals surface area contributed by atoms with Gasteiger partial charge in [0.15, 0.2) is 5.78 Å². The van der Waals surface area contributed by atoms with Crippen molar-refractivity contribution in [3.05, 3.63) is 94.1 Å². The molecule has 0 fully saturated rings. The van der Waals surface area contributed by atoms with E-state index in [1.807, 2.05) is 48.5 Å². The number of ketones is 1. The fourth-order valence-corrected chi connectivity index (χ4v) is 5.59. The van der Waals surface area contributed by atoms with Crippen LogP contribution in [0.2, 0.25) is 5.02 Å². The van der Waals surface area contributed by atoms with Crippen LogP contribution >= 0.6 is 11.6 Å². The average Bonchev–Trinajstić information content (AvgIpc) is 3.03. The molecular weight excluding hydrogens is 500 g/mol. The SMILES string of the molecule is COc1ccc([C@@H]2C3=C(CC(C)(C)CC3=O)Nc3ccccc3N2C(=O)Cc2ccc(Cl)cc2)c(OC)c1. The highest BCUT2D eigenvalue weighted by Crippen LogP contribution is 2.50. The predicted molar refractivity (Wildman–Crippen MR) is 150 cm³/mol. The molecule has 5 rings (SSSR count). The first-order valence-electron chi connectivity index (χ1n) is 12.6. The lowest BCUT2D eigenvalue weighted by atomic mass is 9.73. The molecule has 0 radical (unpaired) electrons. The standard InChI is InChI=1S/C31H31ClN2O4/c1-31(2)17-24-29(26(35)18-31)30(22-14-13-21(37-3)16-27(22)38-4)34(25-8-6-5-7-23(25)33-24)28(36)15-19-9-11-20(32)12-10-19/h5-14,16,30,33H,15,17-18H2,1-4H3/t30-/m1/s1. The highest BCUT2D eigenvalue weighted by atomic mass is 35.5. The Hall–Kier alpha value is -3.77. The van der Waals surface area contributed by atoms with Gasteiger partial charge in [0.05, 0.1) is 38.1 Å². The van der Waals surface area contributed by atoms with Crippen molar-refractivity contribution in [2.24, 2.45) is 5.41 Å². The maximum Gasteiger partial charge on any atom is 0.232 e. The van der Waals surface area contributed by atoms with Crippen molar-refractivity contribution in [3.63, 3.8) is 0 Å². The van der Waals surface area contributed by atoms with Crippen LogP contribution in [-0.4, -0.2) is 25.9 Å². The Morgan fingerprint density at radius 3 is 2.47 bits per heavy atom. The lowest BCUT2D eigenvalue weighted by Gasteiger charge is -2.37. The maximum atomic E-state index is 14.2. The van der Waals surface area contributed by atoms with E-state index in [1.54, 1.807) is 37.3 Å². The summed E-state index contributed by atoms with van der Waals surface area (Å²) in [7, 11) is 3.18. The third-order valence-electron chi connectivity index (χ3n) is 7.17. The van der Waals surface area contributed by atoms with E-state index >= 15 is 0 Å². The molecule has 0 spiro atoms. The number of rotatable bonds is 5. The first kappa shape index (κ1) is 25.9. The van der Waals surface area contributed by atoms with Gasteiger partial charge in [-0.1, -0.05) is 49.7 Å². The van der Waals surface area contributed by atoms with Crippen LogP contribution in [0.15, 0.2) is 78.0 Å². The van der Waals surface area contributed by atoms with Gasteiger partial charge in [0.1, 0.15) is 11.5 Å². The summed E-state index contributed by atoms with van der Waals surface area (Å²) < 4.78 is 11.2. The molecule has 0 saturated heterocycles. The molecular formula is C31H31ClN2O4. The van der Waals surface area contributed by atoms with Gasteiger partial charge in [-0.05, 0) is 53.8 Å². The summed E-state index contributed by atoms with van der Waals surface area (Å²) >= 11 is 6.09. The zero-order valence-corrected chi connectivity index (χ0v) is 22.8. The van der Waals surface area contributed by atoms with Crippen molar-refractivity contribution in [1.29, 1.82) is 0 Å². The number of hydrogen-bond donors (Lipinski definition) is 1. The van der Waals surface area contributed by atoms with Crippen molar-refractivity contribution in [2.75, 3.05) is 24.4 Å². The fraction of sp³-hybridized carbons (Fsp3) is 0.290. The van der Waals surface area contributed by atoms with E-state index in [-0.39, 0.29) is 23.5 Å². The number of benzene rings is 3. The fourth-order valence-electron chi connectivity index (χ4n) is 5.46. The van der Waals surface area contributed by atoms with Crippen LogP contribution in [0.1, 0.15) is 43.9 Å². The summed E-state index contributed by atoms with van der Waals surface area (Å²) in [5.41, 5.74) is 4.25. The van der Waals surface area contributed by atoms with Crippen LogP contribution in [0.4, 0.5) is 11.4 Å². The van der Waals surface area contributed by atoms with E-state index in [0.29, 0.717) is 40.6 Å². The summed E-state index contributed by atoms with van der Waals surface area (Å²) in [6.45, 7) is 4.19. The van der Waals surface area contributed by atoms with Gasteiger partial charge < -0.3 is 14.8 Å². The molecule has 3 aromatic rings. The van der Waals surface area contributed by atoms with Crippen LogP contribution in [0, 0.1) is 5.41 Å². The molecule has 1 aliphatic carbocycles. The lowest BCUT2D eigenvalue weighted by Crippen LogP contribution is -2.40. The lowest BCUT2D eigenvalue weighted by molar-refractivity contribution is -0.119. The minimum absolute atomic E-state index is 0.0173. The number of carbonyl (C=O) groups is 2. The Morgan fingerprint density at radius 1 is 1.03 bits per heavy atom. The molecule has 1 aliphatic heterocycles. The monoisotopic (exact) mass is 530 g/mol. The zero-order chi connectivity index (χ0) is 27.0. The minimum atomic E-state index is -0.689. The normalized spacial score (nSPS) is 18.2. The molecule has 6 nitrogen and oxygen atoms in total. The van der Waals surface area contributed by atoms with E-state index in [1.165, 1.54) is 0 Å². The average molecular weight is 531 g/mol. The molecule has 1 atom stereocenters. The Morgan fingerprint density at radius 2 is 1.76 bits per heavy atom. The molecule has 1 heterocycles. The van der Waals surface area contributed by atoms with Crippen molar-refractivity contribution in [2.45, 2.75) is 39.2 Å². The Kier molecular flexibility index (Phi) is 6.93. The minimum Gasteiger partial charge on any atom is -0.497 e. The number of Topliss-reactive ketones (excluding diaryl/α,β-unsaturated/α-hetero) is 1. The number of nitrogens with zero attached hydrogens (tertiary/aromatic N) is 1. The highest BCUT2D eigenvalue weighted by molar-refractivity contribution is 6.30. The molecule has 0 aromatic heterocycles. The van der Waals surface area contributed by atoms with Gasteiger partial charge in [0, 0.05) is 34.3 Å². The van der Waals surface area contributed by atoms with Crippen molar-refractivity contribution in [3.8, 4) is 11.5 Å². The Bertz CT molecular complexity index is 1430.